The van der Waals surface area contributed by atoms with Crippen LogP contribution in [0, 0.1) is 28.4 Å². The first-order valence-corrected chi connectivity index (χ1v) is 14.1. The van der Waals surface area contributed by atoms with E-state index in [1.807, 2.05) is 0 Å². The van der Waals surface area contributed by atoms with Crippen molar-refractivity contribution in [2.75, 3.05) is 106 Å². The fourth-order valence-electron chi connectivity index (χ4n) is 2.65. The summed E-state index contributed by atoms with van der Waals surface area (Å²) in [4.78, 5) is 0. The normalized spacial score (nSPS) is 13.2. The second-order valence-corrected chi connectivity index (χ2v) is 8.82. The van der Waals surface area contributed by atoms with Gasteiger partial charge in [-0.15, -0.1) is 0 Å². The van der Waals surface area contributed by atoms with Crippen LogP contribution in [0.1, 0.15) is 25.7 Å². The van der Waals surface area contributed by atoms with Crippen LogP contribution in [0.4, 0.5) is 0 Å². The maximum atomic E-state index is 9.36. The maximum absolute atomic E-state index is 9.36. The monoisotopic (exact) mass is 1170 g/mol. The summed E-state index contributed by atoms with van der Waals surface area (Å²) in [5.74, 6) is 0. The van der Waals surface area contributed by atoms with Crippen LogP contribution in [0.15, 0.2) is 0 Å². The van der Waals surface area contributed by atoms with Gasteiger partial charge in [0.25, 0.3) is 0 Å². The summed E-state index contributed by atoms with van der Waals surface area (Å²) in [6.07, 6.45) is 0.396. The van der Waals surface area contributed by atoms with Gasteiger partial charge >= 0.3 is 0 Å². The van der Waals surface area contributed by atoms with E-state index in [4.69, 9.17) is 44.1 Å². The van der Waals surface area contributed by atoms with E-state index in [1.165, 1.54) is 0 Å². The first-order valence-electron chi connectivity index (χ1n) is 14.1. The molecule has 0 bridgehead atoms. The summed E-state index contributed by atoms with van der Waals surface area (Å²) >= 11 is 0. The maximum Gasteiger partial charge on any atom is 0.0976 e. The number of ether oxygens (including phenoxy) is 9. The molecule has 0 radical (unpaired) electrons. The molecule has 15 nitrogen and oxygen atoms in total. The van der Waals surface area contributed by atoms with E-state index in [0.717, 1.165) is 12.8 Å². The van der Waals surface area contributed by atoms with E-state index in [-0.39, 0.29) is 66.1 Å². The van der Waals surface area contributed by atoms with Gasteiger partial charge in [0.2, 0.25) is 0 Å². The second-order valence-electron chi connectivity index (χ2n) is 8.82. The van der Waals surface area contributed by atoms with Crippen LogP contribution in [0.25, 0.3) is 0 Å². The predicted molar refractivity (Wildman–Crippen MR) is 156 cm³/mol. The Morgan fingerprint density at radius 2 is 0.667 bits per heavy atom. The third-order valence-electron chi connectivity index (χ3n) is 4.68. The van der Waals surface area contributed by atoms with Crippen LogP contribution < -0.4 is 0 Å². The molecule has 0 rings (SSSR count). The van der Waals surface area contributed by atoms with Crippen LogP contribution >= 0.6 is 0 Å². The molecule has 0 fully saturated rings. The summed E-state index contributed by atoms with van der Waals surface area (Å²) in [5.41, 5.74) is 0. The van der Waals surface area contributed by atoms with Gasteiger partial charge in [-0.1, -0.05) is 0 Å². The molecule has 6 N–H and O–H groups in total. The Balaban J connectivity index is -0.000000202. The van der Waals surface area contributed by atoms with E-state index in [2.05, 4.69) is 47.4 Å². The molecule has 0 aliphatic heterocycles. The average molecular weight is 1170 g/mol. The molecule has 0 amide bonds. The zero-order chi connectivity index (χ0) is 32.8. The number of rotatable bonds is 30. The van der Waals surface area contributed by atoms with Crippen LogP contribution in [0.5, 0.6) is 0 Å². The molecule has 17 heteroatoms. The van der Waals surface area contributed by atoms with E-state index in [9.17, 15) is 10.2 Å². The molecule has 0 aliphatic rings. The molecule has 45 heavy (non-hydrogen) atoms. The van der Waals surface area contributed by atoms with E-state index >= 15 is 0 Å². The Labute approximate surface area is 257 Å². The van der Waals surface area contributed by atoms with Crippen LogP contribution in [-0.2, 0) is 42.6 Å². The summed E-state index contributed by atoms with van der Waals surface area (Å²) in [6.45, 7) is 5.08. The molecule has 0 aromatic carbocycles. The number of aliphatic hydroxyl groups excluding tert-OH is 6. The number of hydrogen-bond acceptors (Lipinski definition) is 15. The minimum absolute atomic E-state index is 0. The van der Waals surface area contributed by atoms with Gasteiger partial charge in [0.05, 0.1) is 64.1 Å². The standard InChI is InChI=1S/C16H32O7.2C6H13O4.2Rf/c1-19-13-15(17)5-11-22-9-3-7-21-8-4-10-23-12-6-16(18)14-20-2;2*1-9-4-6(8)5-10-3-2-7;;/h15-18H,1-14H2;2*6-8H,1-5H2;;/q-2;2*-1;;. The SMILES string of the molecule is [CH2-]OCC(O)CCOCCCOCCCOCCC(O)CO[CH2-].[CH2-]OCC(O)COCCO.[CH2-]OCC(O)COCCO.[Rf].[Rf]. The molecule has 0 aromatic rings. The minimum Gasteiger partial charge on any atom is -0.553 e. The van der Waals surface area contributed by atoms with Crippen molar-refractivity contribution in [1.82, 2.24) is 0 Å². The first-order chi connectivity index (χ1) is 20.8. The van der Waals surface area contributed by atoms with E-state index < -0.39 is 24.4 Å². The Morgan fingerprint density at radius 3 is 0.956 bits per heavy atom. The van der Waals surface area contributed by atoms with Gasteiger partial charge in [-0.3, -0.25) is 0 Å². The summed E-state index contributed by atoms with van der Waals surface area (Å²) in [5, 5.41) is 53.1. The van der Waals surface area contributed by atoms with Gasteiger partial charge in [-0.05, 0) is 25.7 Å². The van der Waals surface area contributed by atoms with Crippen molar-refractivity contribution in [3.05, 3.63) is 28.4 Å². The van der Waals surface area contributed by atoms with Gasteiger partial charge in [-0.25, -0.2) is 28.4 Å². The number of hydrogen-bond donors (Lipinski definition) is 6. The van der Waals surface area contributed by atoms with Crippen molar-refractivity contribution in [2.45, 2.75) is 50.1 Å². The predicted octanol–water partition coefficient (Wildman–Crippen LogP) is -0.736. The molecule has 0 saturated carbocycles. The van der Waals surface area contributed by atoms with Gasteiger partial charge in [0.15, 0.2) is 0 Å². The smallest absolute Gasteiger partial charge is 0.0976 e. The van der Waals surface area contributed by atoms with Crippen molar-refractivity contribution in [3.63, 3.8) is 0 Å². The molecule has 268 valence electrons. The zero-order valence-electron chi connectivity index (χ0n) is 27.1. The summed E-state index contributed by atoms with van der Waals surface area (Å²) < 4.78 is 43.7. The van der Waals surface area contributed by atoms with Crippen LogP contribution in [0.3, 0.4) is 0 Å². The molecular weight excluding hydrogens is 1110 g/mol. The third kappa shape index (κ3) is 51.3. The zero-order valence-corrected chi connectivity index (χ0v) is 39.9. The van der Waals surface area contributed by atoms with Crippen molar-refractivity contribution in [1.29, 1.82) is 0 Å². The Hall–Kier alpha value is -2.60. The largest absolute Gasteiger partial charge is 0.553 e. The molecule has 0 aliphatic carbocycles. The molecule has 0 saturated heterocycles. The second kappa shape index (κ2) is 45.8. The van der Waals surface area contributed by atoms with Crippen molar-refractivity contribution >= 4 is 0 Å². The van der Waals surface area contributed by atoms with Gasteiger partial charge in [0.1, 0.15) is 0 Å². The van der Waals surface area contributed by atoms with Crippen LogP contribution in [0.2, 0.25) is 0 Å². The Kier molecular flexibility index (Phi) is 52.9. The van der Waals surface area contributed by atoms with Crippen LogP contribution in [-0.4, -0.2) is 161 Å². The molecule has 4 atom stereocenters. The fraction of sp³-hybridized carbons (Fsp3) is 0.857. The molecular formula is C28H58O15Rf2-4. The van der Waals surface area contributed by atoms with Gasteiger partial charge < -0.3 is 73.3 Å². The quantitative estimate of drug-likeness (QED) is 0.0388. The van der Waals surface area contributed by atoms with Crippen molar-refractivity contribution < 1.29 is 73.3 Å². The van der Waals surface area contributed by atoms with Gasteiger partial charge in [-0.2, -0.15) is 0 Å². The summed E-state index contributed by atoms with van der Waals surface area (Å²) in [6, 6.07) is 0. The summed E-state index contributed by atoms with van der Waals surface area (Å²) in [7, 11) is 12.6. The molecule has 0 spiro atoms. The van der Waals surface area contributed by atoms with Crippen molar-refractivity contribution in [3.8, 4) is 0 Å². The molecule has 4 unspecified atom stereocenters. The Bertz CT molecular complexity index is 451. The minimum atomic E-state index is -0.649. The Morgan fingerprint density at radius 1 is 0.378 bits per heavy atom. The third-order valence-corrected chi connectivity index (χ3v) is 4.68. The average Bonchev–Trinajstić information content (AvgIpc) is 2.97. The van der Waals surface area contributed by atoms with Gasteiger partial charge in [0, 0.05) is 66.1 Å². The van der Waals surface area contributed by atoms with E-state index in [1.54, 1.807) is 0 Å². The molecule has 0 heterocycles. The number of aliphatic hydroxyl groups is 6. The topological polar surface area (TPSA) is 204 Å². The fourth-order valence-corrected chi connectivity index (χ4v) is 2.65. The van der Waals surface area contributed by atoms with Crippen molar-refractivity contribution in [2.24, 2.45) is 0 Å². The molecule has 0 aromatic heterocycles. The van der Waals surface area contributed by atoms with E-state index in [0.29, 0.717) is 52.5 Å². The first kappa shape index (κ1) is 52.0.